The Bertz CT molecular complexity index is 885. The van der Waals surface area contributed by atoms with Crippen molar-refractivity contribution in [1.82, 2.24) is 0 Å². The van der Waals surface area contributed by atoms with Crippen molar-refractivity contribution in [3.05, 3.63) is 65.7 Å². The average molecular weight is 322 g/mol. The molecule has 122 valence electrons. The van der Waals surface area contributed by atoms with Crippen molar-refractivity contribution in [2.24, 2.45) is 0 Å². The third kappa shape index (κ3) is 2.91. The van der Waals surface area contributed by atoms with E-state index in [0.29, 0.717) is 23.5 Å². The van der Waals surface area contributed by atoms with Crippen LogP contribution in [0, 0.1) is 6.92 Å². The van der Waals surface area contributed by atoms with Gasteiger partial charge in [-0.15, -0.1) is 0 Å². The standard InChI is InChI=1S/C20H18O4/c1-3-23-17-12-16(20(22)24-14-9-5-4-6-10-14)19(21)15-11-7-8-13(2)18(15)17/h4-12,21H,3H2,1-2H3. The molecule has 0 aliphatic carbocycles. The summed E-state index contributed by atoms with van der Waals surface area (Å²) in [5, 5.41) is 11.9. The molecule has 0 radical (unpaired) electrons. The first-order valence-corrected chi connectivity index (χ1v) is 7.77. The van der Waals surface area contributed by atoms with E-state index >= 15 is 0 Å². The van der Waals surface area contributed by atoms with Gasteiger partial charge in [0.15, 0.2) is 0 Å². The fourth-order valence-corrected chi connectivity index (χ4v) is 2.68. The highest BCUT2D eigenvalue weighted by Gasteiger charge is 2.20. The number of hydrogen-bond acceptors (Lipinski definition) is 4. The summed E-state index contributed by atoms with van der Waals surface area (Å²) >= 11 is 0. The van der Waals surface area contributed by atoms with Crippen molar-refractivity contribution in [3.63, 3.8) is 0 Å². The van der Waals surface area contributed by atoms with Crippen LogP contribution in [0.2, 0.25) is 0 Å². The minimum absolute atomic E-state index is 0.0837. The summed E-state index contributed by atoms with van der Waals surface area (Å²) < 4.78 is 11.0. The van der Waals surface area contributed by atoms with E-state index in [1.54, 1.807) is 36.4 Å². The lowest BCUT2D eigenvalue weighted by molar-refractivity contribution is 0.0731. The van der Waals surface area contributed by atoms with Crippen molar-refractivity contribution in [2.45, 2.75) is 13.8 Å². The lowest BCUT2D eigenvalue weighted by Crippen LogP contribution is -2.09. The molecule has 0 bridgehead atoms. The number of carbonyl (C=O) groups excluding carboxylic acids is 1. The van der Waals surface area contributed by atoms with Gasteiger partial charge in [0.05, 0.1) is 6.61 Å². The molecule has 3 aromatic carbocycles. The predicted octanol–water partition coefficient (Wildman–Crippen LogP) is 4.47. The molecule has 0 unspecified atom stereocenters. The normalized spacial score (nSPS) is 10.6. The third-order valence-corrected chi connectivity index (χ3v) is 3.78. The van der Waals surface area contributed by atoms with Gasteiger partial charge in [0.25, 0.3) is 0 Å². The maximum atomic E-state index is 12.5. The van der Waals surface area contributed by atoms with E-state index in [9.17, 15) is 9.90 Å². The van der Waals surface area contributed by atoms with Gasteiger partial charge < -0.3 is 14.6 Å². The van der Waals surface area contributed by atoms with Crippen LogP contribution in [0.1, 0.15) is 22.8 Å². The number of benzene rings is 3. The highest BCUT2D eigenvalue weighted by atomic mass is 16.5. The number of carbonyl (C=O) groups is 1. The summed E-state index contributed by atoms with van der Waals surface area (Å²) in [6, 6.07) is 15.8. The topological polar surface area (TPSA) is 55.8 Å². The van der Waals surface area contributed by atoms with Gasteiger partial charge in [0, 0.05) is 10.8 Å². The number of aromatic hydroxyl groups is 1. The van der Waals surface area contributed by atoms with Gasteiger partial charge >= 0.3 is 5.97 Å². The van der Waals surface area contributed by atoms with Gasteiger partial charge in [-0.05, 0) is 37.6 Å². The molecule has 1 N–H and O–H groups in total. The number of aryl methyl sites for hydroxylation is 1. The molecule has 3 rings (SSSR count). The maximum absolute atomic E-state index is 12.5. The first-order chi connectivity index (χ1) is 11.6. The van der Waals surface area contributed by atoms with Gasteiger partial charge in [-0.25, -0.2) is 4.79 Å². The van der Waals surface area contributed by atoms with Crippen molar-refractivity contribution in [1.29, 1.82) is 0 Å². The lowest BCUT2D eigenvalue weighted by atomic mass is 10.00. The largest absolute Gasteiger partial charge is 0.506 e. The summed E-state index contributed by atoms with van der Waals surface area (Å²) in [7, 11) is 0. The van der Waals surface area contributed by atoms with Crippen molar-refractivity contribution in [2.75, 3.05) is 6.61 Å². The zero-order chi connectivity index (χ0) is 17.1. The van der Waals surface area contributed by atoms with Crippen LogP contribution in [0.25, 0.3) is 10.8 Å². The van der Waals surface area contributed by atoms with E-state index in [1.807, 2.05) is 32.0 Å². The number of ether oxygens (including phenoxy) is 2. The Morgan fingerprint density at radius 3 is 2.54 bits per heavy atom. The zero-order valence-electron chi connectivity index (χ0n) is 13.6. The van der Waals surface area contributed by atoms with Crippen LogP contribution >= 0.6 is 0 Å². The number of rotatable bonds is 4. The molecule has 0 heterocycles. The second-order valence-corrected chi connectivity index (χ2v) is 5.40. The van der Waals surface area contributed by atoms with Gasteiger partial charge in [-0.1, -0.05) is 36.4 Å². The number of phenols is 1. The Balaban J connectivity index is 2.11. The third-order valence-electron chi connectivity index (χ3n) is 3.78. The Hall–Kier alpha value is -3.01. The first kappa shape index (κ1) is 15.9. The molecule has 4 heteroatoms. The molecule has 4 nitrogen and oxygen atoms in total. The molecular weight excluding hydrogens is 304 g/mol. The molecular formula is C20H18O4. The minimum Gasteiger partial charge on any atom is -0.506 e. The predicted molar refractivity (Wildman–Crippen MR) is 92.9 cm³/mol. The molecule has 0 atom stereocenters. The van der Waals surface area contributed by atoms with Crippen LogP contribution < -0.4 is 9.47 Å². The summed E-state index contributed by atoms with van der Waals surface area (Å²) in [6.45, 7) is 4.27. The van der Waals surface area contributed by atoms with E-state index in [-0.39, 0.29) is 11.3 Å². The molecule has 24 heavy (non-hydrogen) atoms. The molecule has 0 saturated carbocycles. The maximum Gasteiger partial charge on any atom is 0.347 e. The summed E-state index contributed by atoms with van der Waals surface area (Å²) in [5.74, 6) is 0.258. The Labute approximate surface area is 140 Å². The van der Waals surface area contributed by atoms with Crippen LogP contribution in [0.3, 0.4) is 0 Å². The molecule has 0 fully saturated rings. The Kier molecular flexibility index (Phi) is 4.38. The number of hydrogen-bond donors (Lipinski definition) is 1. The van der Waals surface area contributed by atoms with Crippen LogP contribution in [0.5, 0.6) is 17.2 Å². The monoisotopic (exact) mass is 322 g/mol. The fourth-order valence-electron chi connectivity index (χ4n) is 2.68. The molecule has 0 saturated heterocycles. The second-order valence-electron chi connectivity index (χ2n) is 5.40. The Morgan fingerprint density at radius 2 is 1.83 bits per heavy atom. The number of phenolic OH excluding ortho intramolecular Hbond substituents is 1. The quantitative estimate of drug-likeness (QED) is 0.569. The SMILES string of the molecule is CCOc1cc(C(=O)Oc2ccccc2)c(O)c2cccc(C)c12. The smallest absolute Gasteiger partial charge is 0.347 e. The van der Waals surface area contributed by atoms with E-state index in [4.69, 9.17) is 9.47 Å². The van der Waals surface area contributed by atoms with E-state index in [0.717, 1.165) is 10.9 Å². The first-order valence-electron chi connectivity index (χ1n) is 7.77. The lowest BCUT2D eigenvalue weighted by Gasteiger charge is -2.14. The van der Waals surface area contributed by atoms with E-state index < -0.39 is 5.97 Å². The van der Waals surface area contributed by atoms with Crippen LogP contribution in [0.15, 0.2) is 54.6 Å². The zero-order valence-corrected chi connectivity index (χ0v) is 13.6. The molecule has 3 aromatic rings. The Morgan fingerprint density at radius 1 is 1.08 bits per heavy atom. The highest BCUT2D eigenvalue weighted by molar-refractivity contribution is 6.05. The number of para-hydroxylation sites is 1. The number of fused-ring (bicyclic) bond motifs is 1. The molecule has 0 aliphatic heterocycles. The van der Waals surface area contributed by atoms with Crippen LogP contribution in [-0.2, 0) is 0 Å². The van der Waals surface area contributed by atoms with Crippen molar-refractivity contribution >= 4 is 16.7 Å². The fraction of sp³-hybridized carbons (Fsp3) is 0.150. The number of esters is 1. The van der Waals surface area contributed by atoms with E-state index in [1.165, 1.54) is 0 Å². The van der Waals surface area contributed by atoms with Gasteiger partial charge in [-0.3, -0.25) is 0 Å². The summed E-state index contributed by atoms with van der Waals surface area (Å²) in [5.41, 5.74) is 1.05. The average Bonchev–Trinajstić information content (AvgIpc) is 2.58. The molecule has 0 aliphatic rings. The molecule has 0 spiro atoms. The van der Waals surface area contributed by atoms with Gasteiger partial charge in [0.1, 0.15) is 22.8 Å². The van der Waals surface area contributed by atoms with E-state index in [2.05, 4.69) is 0 Å². The van der Waals surface area contributed by atoms with Crippen LogP contribution in [-0.4, -0.2) is 17.7 Å². The molecule has 0 aromatic heterocycles. The molecule has 0 amide bonds. The highest BCUT2D eigenvalue weighted by Crippen LogP contribution is 2.38. The minimum atomic E-state index is -0.622. The summed E-state index contributed by atoms with van der Waals surface area (Å²) in [6.07, 6.45) is 0. The summed E-state index contributed by atoms with van der Waals surface area (Å²) in [4.78, 5) is 12.5. The second kappa shape index (κ2) is 6.62. The van der Waals surface area contributed by atoms with Gasteiger partial charge in [0.2, 0.25) is 0 Å². The van der Waals surface area contributed by atoms with Crippen molar-refractivity contribution < 1.29 is 19.4 Å². The van der Waals surface area contributed by atoms with Gasteiger partial charge in [-0.2, -0.15) is 0 Å². The van der Waals surface area contributed by atoms with Crippen LogP contribution in [0.4, 0.5) is 0 Å². The van der Waals surface area contributed by atoms with Crippen molar-refractivity contribution in [3.8, 4) is 17.2 Å².